The molecule has 1 aliphatic heterocycles. The predicted molar refractivity (Wildman–Crippen MR) is 122 cm³/mol. The molecule has 1 atom stereocenters. The Morgan fingerprint density at radius 1 is 1.10 bits per heavy atom. The molecule has 1 fully saturated rings. The molecule has 3 rings (SSSR count). The van der Waals surface area contributed by atoms with Crippen molar-refractivity contribution >= 4 is 23.2 Å². The van der Waals surface area contributed by atoms with Crippen LogP contribution in [-0.4, -0.2) is 60.4 Å². The zero-order chi connectivity index (χ0) is 22.7. The van der Waals surface area contributed by atoms with Gasteiger partial charge in [0, 0.05) is 12.7 Å². The number of piperazine rings is 1. The van der Waals surface area contributed by atoms with Crippen LogP contribution in [0.15, 0.2) is 18.2 Å². The van der Waals surface area contributed by atoms with Gasteiger partial charge < -0.3 is 20.4 Å². The quantitative estimate of drug-likeness (QED) is 0.496. The van der Waals surface area contributed by atoms with Gasteiger partial charge in [0.2, 0.25) is 0 Å². The smallest absolute Gasteiger partial charge is 0.282 e. The van der Waals surface area contributed by atoms with E-state index in [1.165, 1.54) is 15.4 Å². The molecule has 1 aliphatic rings. The van der Waals surface area contributed by atoms with Gasteiger partial charge in [0.25, 0.3) is 11.8 Å². The Bertz CT molecular complexity index is 959. The topological polar surface area (TPSA) is 84.9 Å². The molecule has 0 bridgehead atoms. The summed E-state index contributed by atoms with van der Waals surface area (Å²) in [6.45, 7) is 13.9. The van der Waals surface area contributed by atoms with Crippen LogP contribution in [0.3, 0.4) is 0 Å². The van der Waals surface area contributed by atoms with Gasteiger partial charge in [-0.05, 0) is 51.8 Å². The fraction of sp³-hybridized carbons (Fsp3) is 0.522. The number of amides is 2. The minimum Gasteiger partial charge on any atom is -0.321 e. The molecule has 2 amide bonds. The lowest BCUT2D eigenvalue weighted by atomic mass is 10.1. The highest BCUT2D eigenvalue weighted by atomic mass is 16.2. The average Bonchev–Trinajstić information content (AvgIpc) is 2.97. The van der Waals surface area contributed by atoms with Gasteiger partial charge in [-0.1, -0.05) is 12.1 Å². The first-order valence-corrected chi connectivity index (χ1v) is 11.0. The van der Waals surface area contributed by atoms with Crippen LogP contribution < -0.4 is 20.4 Å². The molecule has 4 N–H and O–H groups in total. The predicted octanol–water partition coefficient (Wildman–Crippen LogP) is -0.597. The Morgan fingerprint density at radius 3 is 2.39 bits per heavy atom. The van der Waals surface area contributed by atoms with E-state index in [0.717, 1.165) is 54.5 Å². The maximum absolute atomic E-state index is 12.8. The van der Waals surface area contributed by atoms with Crippen molar-refractivity contribution in [2.75, 3.05) is 43.4 Å². The molecule has 0 unspecified atom stereocenters. The standard InChI is InChI=1S/C23H34N6O2/c1-15-8-7-9-20(16(15)2)24-21(30)14-28-10-12-29(13-11-28)19(5)23(31)25-22-17(3)26-27(6)18(22)4/h7-9,19H,10-14H2,1-6H3,(H,24,30)(H,25,31)/p+2/t19-/m1/s1. The summed E-state index contributed by atoms with van der Waals surface area (Å²) in [7, 11) is 1.88. The highest BCUT2D eigenvalue weighted by molar-refractivity contribution is 5.94. The fourth-order valence-electron chi connectivity index (χ4n) is 4.21. The molecule has 0 aliphatic carbocycles. The fourth-order valence-corrected chi connectivity index (χ4v) is 4.21. The Balaban J connectivity index is 1.49. The summed E-state index contributed by atoms with van der Waals surface area (Å²) in [5, 5.41) is 10.5. The Morgan fingerprint density at radius 2 is 1.77 bits per heavy atom. The Labute approximate surface area is 184 Å². The maximum Gasteiger partial charge on any atom is 0.282 e. The number of aromatic nitrogens is 2. The molecule has 168 valence electrons. The number of nitrogens with one attached hydrogen (secondary N) is 4. The SMILES string of the molecule is Cc1cccc(NC(=O)C[NH+]2CC[NH+]([C@H](C)C(=O)Nc3c(C)nn(C)c3C)CC2)c1C. The lowest BCUT2D eigenvalue weighted by Crippen LogP contribution is -3.30. The minimum atomic E-state index is -0.149. The van der Waals surface area contributed by atoms with E-state index in [4.69, 9.17) is 0 Å². The van der Waals surface area contributed by atoms with Crippen LogP contribution in [-0.2, 0) is 16.6 Å². The second-order valence-corrected chi connectivity index (χ2v) is 8.76. The van der Waals surface area contributed by atoms with Crippen molar-refractivity contribution in [3.63, 3.8) is 0 Å². The first-order chi connectivity index (χ1) is 14.7. The van der Waals surface area contributed by atoms with E-state index >= 15 is 0 Å². The van der Waals surface area contributed by atoms with Gasteiger partial charge in [-0.2, -0.15) is 5.10 Å². The summed E-state index contributed by atoms with van der Waals surface area (Å²) in [5.41, 5.74) is 5.77. The van der Waals surface area contributed by atoms with Gasteiger partial charge in [0.15, 0.2) is 12.6 Å². The number of anilines is 2. The average molecular weight is 429 g/mol. The number of aryl methyl sites for hydroxylation is 3. The summed E-state index contributed by atoms with van der Waals surface area (Å²) in [6, 6.07) is 5.81. The molecule has 0 radical (unpaired) electrons. The van der Waals surface area contributed by atoms with Crippen molar-refractivity contribution < 1.29 is 19.4 Å². The number of carbonyl (C=O) groups is 2. The molecular weight excluding hydrogens is 392 g/mol. The molecule has 2 aromatic rings. The van der Waals surface area contributed by atoms with Crippen molar-refractivity contribution in [2.24, 2.45) is 7.05 Å². The van der Waals surface area contributed by atoms with Crippen LogP contribution >= 0.6 is 0 Å². The molecular formula is C23H36N6O2+2. The second-order valence-electron chi connectivity index (χ2n) is 8.76. The second kappa shape index (κ2) is 9.62. The highest BCUT2D eigenvalue weighted by Gasteiger charge is 2.32. The van der Waals surface area contributed by atoms with Crippen LogP contribution in [0.2, 0.25) is 0 Å². The van der Waals surface area contributed by atoms with Gasteiger partial charge in [-0.3, -0.25) is 14.3 Å². The molecule has 1 aromatic heterocycles. The third-order valence-corrected chi connectivity index (χ3v) is 6.65. The zero-order valence-corrected chi connectivity index (χ0v) is 19.6. The van der Waals surface area contributed by atoms with E-state index < -0.39 is 0 Å². The lowest BCUT2D eigenvalue weighted by molar-refractivity contribution is -1.01. The molecule has 2 heterocycles. The molecule has 8 nitrogen and oxygen atoms in total. The first kappa shape index (κ1) is 23.0. The summed E-state index contributed by atoms with van der Waals surface area (Å²) in [4.78, 5) is 27.9. The Hall–Kier alpha value is -2.71. The summed E-state index contributed by atoms with van der Waals surface area (Å²) in [6.07, 6.45) is 0. The molecule has 31 heavy (non-hydrogen) atoms. The highest BCUT2D eigenvalue weighted by Crippen LogP contribution is 2.18. The van der Waals surface area contributed by atoms with E-state index in [1.54, 1.807) is 4.68 Å². The van der Waals surface area contributed by atoms with E-state index in [1.807, 2.05) is 59.9 Å². The summed E-state index contributed by atoms with van der Waals surface area (Å²) >= 11 is 0. The summed E-state index contributed by atoms with van der Waals surface area (Å²) in [5.74, 6) is 0.0609. The third-order valence-electron chi connectivity index (χ3n) is 6.65. The number of hydrogen-bond acceptors (Lipinski definition) is 3. The van der Waals surface area contributed by atoms with Crippen molar-refractivity contribution in [1.29, 1.82) is 0 Å². The van der Waals surface area contributed by atoms with E-state index in [2.05, 4.69) is 15.7 Å². The van der Waals surface area contributed by atoms with Crippen molar-refractivity contribution in [2.45, 2.75) is 40.7 Å². The van der Waals surface area contributed by atoms with Gasteiger partial charge >= 0.3 is 0 Å². The van der Waals surface area contributed by atoms with Crippen LogP contribution in [0, 0.1) is 27.7 Å². The largest absolute Gasteiger partial charge is 0.321 e. The van der Waals surface area contributed by atoms with Crippen molar-refractivity contribution in [3.05, 3.63) is 40.7 Å². The monoisotopic (exact) mass is 428 g/mol. The minimum absolute atomic E-state index is 0.0188. The molecule has 1 saturated heterocycles. The normalized spacial score (nSPS) is 19.7. The number of hydrogen-bond donors (Lipinski definition) is 4. The zero-order valence-electron chi connectivity index (χ0n) is 19.6. The van der Waals surface area contributed by atoms with Crippen molar-refractivity contribution in [1.82, 2.24) is 9.78 Å². The lowest BCUT2D eigenvalue weighted by Gasteiger charge is -2.32. The van der Waals surface area contributed by atoms with Gasteiger partial charge in [0.1, 0.15) is 26.2 Å². The van der Waals surface area contributed by atoms with Crippen LogP contribution in [0.1, 0.15) is 29.4 Å². The third kappa shape index (κ3) is 5.32. The summed E-state index contributed by atoms with van der Waals surface area (Å²) < 4.78 is 1.79. The Kier molecular flexibility index (Phi) is 7.12. The number of quaternary nitrogens is 2. The molecule has 1 aromatic carbocycles. The number of rotatable bonds is 6. The number of carbonyl (C=O) groups excluding carboxylic acids is 2. The van der Waals surface area contributed by atoms with Gasteiger partial charge in [0.05, 0.1) is 17.1 Å². The van der Waals surface area contributed by atoms with E-state index in [9.17, 15) is 9.59 Å². The van der Waals surface area contributed by atoms with Crippen LogP contribution in [0.4, 0.5) is 11.4 Å². The maximum atomic E-state index is 12.8. The molecule has 0 spiro atoms. The first-order valence-electron chi connectivity index (χ1n) is 11.0. The van der Waals surface area contributed by atoms with Gasteiger partial charge in [-0.15, -0.1) is 0 Å². The molecule has 0 saturated carbocycles. The number of benzene rings is 1. The van der Waals surface area contributed by atoms with Crippen LogP contribution in [0.5, 0.6) is 0 Å². The van der Waals surface area contributed by atoms with E-state index in [0.29, 0.717) is 6.54 Å². The van der Waals surface area contributed by atoms with Crippen molar-refractivity contribution in [3.8, 4) is 0 Å². The number of nitrogens with zero attached hydrogens (tertiary/aromatic N) is 2. The molecule has 8 heteroatoms. The van der Waals surface area contributed by atoms with Gasteiger partial charge in [-0.25, -0.2) is 0 Å². The van der Waals surface area contributed by atoms with Crippen LogP contribution in [0.25, 0.3) is 0 Å². The van der Waals surface area contributed by atoms with E-state index in [-0.39, 0.29) is 17.9 Å².